The van der Waals surface area contributed by atoms with Crippen LogP contribution in [0.25, 0.3) is 89.2 Å². The van der Waals surface area contributed by atoms with Gasteiger partial charge in [-0.3, -0.25) is 19.9 Å². The Morgan fingerprint density at radius 3 is 0.971 bits per heavy atom. The number of halogens is 4. The quantitative estimate of drug-likeness (QED) is 0.0672. The summed E-state index contributed by atoms with van der Waals surface area (Å²) < 4.78 is 55.6. The standard InChI is InChI=1S/C19H14F2N2O.2C19H15FN2O.C19H16N2O.12CH4/c1-3-13(24)8-12-5-7-15-16(9-12)22-10-17(23-15)14-6-4-11(2)18(20)19(14)21;1-3-15(23)8-13-5-7-17-18(9-13)21-11-19(22-17)14-6-4-12(2)16(20)10-14;1-3-14(23)9-13-5-7-17-18(10-13)21-11-19(22-17)15-6-4-12(2)8-16(15)20;1-3-16(22)10-14-6-9-17-18(11-14)20-12-19(21-17)15-7-4-13(2)5-8-15;;;;;;;;;;;;/h1,4-7,9-10,13,24H,8H2,2H3;1,4-7,9-11,15,23H,8H2,2H3;1,4-8,10-11,14,23H,9H2,2H3;1,4-9,11-12,16,22H,10H2,2H3;12*1H4. The molecular formula is C88H108F4N8O4. The number of aliphatic hydroxyl groups excluding tert-OH is 4. The summed E-state index contributed by atoms with van der Waals surface area (Å²) in [5.41, 5.74) is 16.5. The van der Waals surface area contributed by atoms with E-state index in [-0.39, 0.29) is 118 Å². The zero-order chi connectivity index (χ0) is 65.6. The highest BCUT2D eigenvalue weighted by atomic mass is 19.2. The zero-order valence-electron chi connectivity index (χ0n) is 50.5. The van der Waals surface area contributed by atoms with Gasteiger partial charge in [0.1, 0.15) is 36.1 Å². The number of aliphatic hydroxyl groups is 4. The Morgan fingerprint density at radius 1 is 0.308 bits per heavy atom. The average molecular weight is 1420 g/mol. The maximum atomic E-state index is 14.1. The van der Waals surface area contributed by atoms with Crippen LogP contribution < -0.4 is 0 Å². The lowest BCUT2D eigenvalue weighted by molar-refractivity contribution is 0.233. The number of aromatic nitrogens is 8. The largest absolute Gasteiger partial charge is 0.380 e. The molecule has 104 heavy (non-hydrogen) atoms. The number of hydrogen-bond donors (Lipinski definition) is 4. The molecule has 12 aromatic rings. The van der Waals surface area contributed by atoms with Gasteiger partial charge in [0.25, 0.3) is 0 Å². The van der Waals surface area contributed by atoms with Crippen LogP contribution in [0.2, 0.25) is 0 Å². The first-order valence-electron chi connectivity index (χ1n) is 28.9. The summed E-state index contributed by atoms with van der Waals surface area (Å²) in [6, 6.07) is 43.3. The molecule has 4 N–H and O–H groups in total. The highest BCUT2D eigenvalue weighted by Crippen LogP contribution is 2.29. The first-order valence-corrected chi connectivity index (χ1v) is 28.9. The van der Waals surface area contributed by atoms with Crippen molar-refractivity contribution in [1.29, 1.82) is 0 Å². The minimum atomic E-state index is -0.933. The monoisotopic (exact) mass is 1420 g/mol. The molecule has 8 aromatic carbocycles. The summed E-state index contributed by atoms with van der Waals surface area (Å²) in [6.45, 7) is 7.12. The fraction of sp³-hybridized carbons (Fsp3) is 0.273. The van der Waals surface area contributed by atoms with Crippen molar-refractivity contribution in [3.8, 4) is 94.4 Å². The summed E-state index contributed by atoms with van der Waals surface area (Å²) in [5.74, 6) is 6.75. The van der Waals surface area contributed by atoms with Crippen molar-refractivity contribution >= 4 is 44.1 Å². The predicted octanol–water partition coefficient (Wildman–Crippen LogP) is 20.8. The highest BCUT2D eigenvalue weighted by Gasteiger charge is 2.16. The molecule has 4 unspecified atom stereocenters. The molecule has 0 saturated heterocycles. The molecule has 0 aliphatic heterocycles. The predicted molar refractivity (Wildman–Crippen MR) is 434 cm³/mol. The van der Waals surface area contributed by atoms with E-state index in [0.717, 1.165) is 50.1 Å². The smallest absolute Gasteiger partial charge is 0.168 e. The summed E-state index contributed by atoms with van der Waals surface area (Å²) in [4.78, 5) is 35.5. The lowest BCUT2D eigenvalue weighted by Gasteiger charge is -2.08. The molecule has 0 amide bonds. The summed E-state index contributed by atoms with van der Waals surface area (Å²) in [7, 11) is 0. The second kappa shape index (κ2) is 45.7. The van der Waals surface area contributed by atoms with Crippen molar-refractivity contribution in [2.24, 2.45) is 0 Å². The molecule has 4 heterocycles. The summed E-state index contributed by atoms with van der Waals surface area (Å²) in [5, 5.41) is 38.1. The van der Waals surface area contributed by atoms with E-state index in [1.165, 1.54) is 42.9 Å². The molecule has 4 atom stereocenters. The van der Waals surface area contributed by atoms with Gasteiger partial charge in [-0.2, -0.15) is 0 Å². The van der Waals surface area contributed by atoms with E-state index in [0.29, 0.717) is 86.9 Å². The van der Waals surface area contributed by atoms with Gasteiger partial charge in [-0.25, -0.2) is 37.5 Å². The molecular weight excluding hydrogens is 1310 g/mol. The Bertz CT molecular complexity index is 4870. The van der Waals surface area contributed by atoms with Crippen molar-refractivity contribution in [2.45, 2.75) is 167 Å². The lowest BCUT2D eigenvalue weighted by atomic mass is 10.1. The Balaban J connectivity index is -0.000000617. The molecule has 12 rings (SSSR count). The molecule has 12 nitrogen and oxygen atoms in total. The maximum Gasteiger partial charge on any atom is 0.168 e. The van der Waals surface area contributed by atoms with Gasteiger partial charge in [-0.05, 0) is 139 Å². The third-order valence-corrected chi connectivity index (χ3v) is 14.7. The molecule has 552 valence electrons. The van der Waals surface area contributed by atoms with E-state index >= 15 is 0 Å². The van der Waals surface area contributed by atoms with Crippen molar-refractivity contribution in [2.75, 3.05) is 0 Å². The van der Waals surface area contributed by atoms with Gasteiger partial charge in [0.15, 0.2) is 11.6 Å². The van der Waals surface area contributed by atoms with Crippen LogP contribution in [-0.2, 0) is 25.7 Å². The Kier molecular flexibility index (Phi) is 43.7. The van der Waals surface area contributed by atoms with Crippen LogP contribution in [-0.4, -0.2) is 84.7 Å². The SMILES string of the molecule is C.C.C.C.C.C.C.C.C.C.C.C.C#CC(O)Cc1ccc2nc(-c3ccc(C)c(F)c3)cnc2c1.C#CC(O)Cc1ccc2nc(-c3ccc(C)c(F)c3F)cnc2c1.C#CC(O)Cc1ccc2nc(-c3ccc(C)cc3)cnc2c1.C#CC(O)Cc1ccc2nc(-c3ccc(C)cc3F)cnc2c1. The number of benzene rings is 8. The molecule has 0 radical (unpaired) electrons. The van der Waals surface area contributed by atoms with E-state index in [9.17, 15) is 38.0 Å². The highest BCUT2D eigenvalue weighted by molar-refractivity contribution is 5.81. The number of hydrogen-bond acceptors (Lipinski definition) is 12. The first kappa shape index (κ1) is 99.3. The number of aryl methyl sites for hydroxylation is 4. The van der Waals surface area contributed by atoms with Crippen LogP contribution in [0, 0.1) is 100 Å². The van der Waals surface area contributed by atoms with Crippen LogP contribution in [0.4, 0.5) is 17.6 Å². The van der Waals surface area contributed by atoms with Crippen molar-refractivity contribution < 1.29 is 38.0 Å². The Morgan fingerprint density at radius 2 is 0.615 bits per heavy atom. The number of rotatable bonds is 12. The van der Waals surface area contributed by atoms with Crippen molar-refractivity contribution in [3.05, 3.63) is 238 Å². The number of terminal acetylenes is 4. The van der Waals surface area contributed by atoms with Crippen LogP contribution in [0.15, 0.2) is 170 Å². The van der Waals surface area contributed by atoms with Crippen LogP contribution in [0.5, 0.6) is 0 Å². The van der Waals surface area contributed by atoms with Crippen LogP contribution in [0.3, 0.4) is 0 Å². The zero-order valence-corrected chi connectivity index (χ0v) is 50.5. The van der Waals surface area contributed by atoms with Crippen molar-refractivity contribution in [1.82, 2.24) is 39.9 Å². The van der Waals surface area contributed by atoms with E-state index in [1.54, 1.807) is 61.9 Å². The third-order valence-electron chi connectivity index (χ3n) is 14.7. The Hall–Kier alpha value is -11.1. The molecule has 16 heteroatoms. The van der Waals surface area contributed by atoms with Crippen molar-refractivity contribution in [3.63, 3.8) is 0 Å². The average Bonchev–Trinajstić information content (AvgIpc) is 0.816. The van der Waals surface area contributed by atoms with E-state index < -0.39 is 36.1 Å². The normalized spacial score (nSPS) is 10.7. The molecule has 0 aliphatic rings. The third kappa shape index (κ3) is 25.5. The van der Waals surface area contributed by atoms with Gasteiger partial charge in [0.2, 0.25) is 0 Å². The molecule has 0 aliphatic carbocycles. The second-order valence-corrected chi connectivity index (χ2v) is 21.7. The molecule has 0 spiro atoms. The minimum absolute atomic E-state index is 0. The maximum absolute atomic E-state index is 14.1. The van der Waals surface area contributed by atoms with Gasteiger partial charge in [-0.15, -0.1) is 25.7 Å². The molecule has 0 saturated carbocycles. The summed E-state index contributed by atoms with van der Waals surface area (Å²) >= 11 is 0. The molecule has 4 aromatic heterocycles. The van der Waals surface area contributed by atoms with Gasteiger partial charge in [0.05, 0.1) is 91.7 Å². The lowest BCUT2D eigenvalue weighted by Crippen LogP contribution is -2.06. The Labute approximate surface area is 618 Å². The fourth-order valence-electron chi connectivity index (χ4n) is 9.55. The van der Waals surface area contributed by atoms with E-state index in [4.69, 9.17) is 25.7 Å². The minimum Gasteiger partial charge on any atom is -0.380 e. The number of nitrogens with zero attached hydrogens (tertiary/aromatic N) is 8. The van der Waals surface area contributed by atoms with Gasteiger partial charge in [-0.1, -0.05) is 191 Å². The van der Waals surface area contributed by atoms with Gasteiger partial charge < -0.3 is 20.4 Å². The van der Waals surface area contributed by atoms with Crippen LogP contribution >= 0.6 is 0 Å². The first-order chi connectivity index (χ1) is 44.3. The topological polar surface area (TPSA) is 184 Å². The number of fused-ring (bicyclic) bond motifs is 4. The fourth-order valence-corrected chi connectivity index (χ4v) is 9.55. The van der Waals surface area contributed by atoms with Crippen LogP contribution in [0.1, 0.15) is 134 Å². The van der Waals surface area contributed by atoms with Gasteiger partial charge in [0, 0.05) is 47.9 Å². The molecule has 0 bridgehead atoms. The van der Waals surface area contributed by atoms with E-state index in [2.05, 4.69) is 82.6 Å². The summed E-state index contributed by atoms with van der Waals surface area (Å²) in [6.07, 6.45) is 25.3. The van der Waals surface area contributed by atoms with Gasteiger partial charge >= 0.3 is 0 Å². The van der Waals surface area contributed by atoms with E-state index in [1.807, 2.05) is 79.7 Å². The second-order valence-electron chi connectivity index (χ2n) is 21.7. The molecule has 0 fully saturated rings.